The molecule has 1 aliphatic carbocycles. The van der Waals surface area contributed by atoms with Crippen LogP contribution < -0.4 is 5.32 Å². The number of rotatable bonds is 6. The lowest BCUT2D eigenvalue weighted by Crippen LogP contribution is -2.45. The van der Waals surface area contributed by atoms with Gasteiger partial charge in [0.15, 0.2) is 0 Å². The predicted molar refractivity (Wildman–Crippen MR) is 80.6 cm³/mol. The first-order valence-electron chi connectivity index (χ1n) is 7.95. The van der Waals surface area contributed by atoms with Gasteiger partial charge in [-0.25, -0.2) is 0 Å². The Labute approximate surface area is 122 Å². The molecule has 0 spiro atoms. The second kappa shape index (κ2) is 7.79. The number of ether oxygens (including phenoxy) is 1. The molecule has 1 aliphatic heterocycles. The van der Waals surface area contributed by atoms with Crippen LogP contribution in [-0.2, 0) is 9.53 Å². The summed E-state index contributed by atoms with van der Waals surface area (Å²) in [4.78, 5) is 14.3. The Balaban J connectivity index is 1.52. The van der Waals surface area contributed by atoms with Crippen molar-refractivity contribution in [2.45, 2.75) is 51.7 Å². The van der Waals surface area contributed by atoms with E-state index in [1.54, 1.807) is 0 Å². The Hall–Kier alpha value is -0.870. The Morgan fingerprint density at radius 3 is 2.50 bits per heavy atom. The Kier molecular flexibility index (Phi) is 6.05. The quantitative estimate of drug-likeness (QED) is 0.597. The Bertz CT molecular complexity index is 325. The van der Waals surface area contributed by atoms with E-state index in [1.807, 2.05) is 0 Å². The van der Waals surface area contributed by atoms with Crippen LogP contribution in [0.3, 0.4) is 0 Å². The van der Waals surface area contributed by atoms with Gasteiger partial charge in [-0.05, 0) is 46.1 Å². The van der Waals surface area contributed by atoms with Crippen molar-refractivity contribution in [2.75, 3.05) is 26.2 Å². The van der Waals surface area contributed by atoms with E-state index in [1.165, 1.54) is 0 Å². The SMILES string of the molecule is C[C@@H]1CN(CCCCNC(=O)C2CC=CC2)C[C@@H](C)O1. The van der Waals surface area contributed by atoms with Crippen molar-refractivity contribution in [3.63, 3.8) is 0 Å². The zero-order valence-corrected chi connectivity index (χ0v) is 12.8. The summed E-state index contributed by atoms with van der Waals surface area (Å²) < 4.78 is 5.73. The van der Waals surface area contributed by atoms with Crippen LogP contribution in [0.4, 0.5) is 0 Å². The third kappa shape index (κ3) is 4.91. The van der Waals surface area contributed by atoms with E-state index < -0.39 is 0 Å². The molecule has 2 aliphatic rings. The molecule has 1 heterocycles. The van der Waals surface area contributed by atoms with E-state index in [0.29, 0.717) is 12.2 Å². The summed E-state index contributed by atoms with van der Waals surface area (Å²) in [6.07, 6.45) is 8.91. The van der Waals surface area contributed by atoms with Crippen LogP contribution in [0.5, 0.6) is 0 Å². The van der Waals surface area contributed by atoms with E-state index in [4.69, 9.17) is 4.74 Å². The first-order valence-corrected chi connectivity index (χ1v) is 7.95. The van der Waals surface area contributed by atoms with Gasteiger partial charge in [0.2, 0.25) is 5.91 Å². The number of morpholine rings is 1. The number of amides is 1. The van der Waals surface area contributed by atoms with Crippen LogP contribution in [0.25, 0.3) is 0 Å². The van der Waals surface area contributed by atoms with Crippen molar-refractivity contribution in [3.05, 3.63) is 12.2 Å². The molecule has 20 heavy (non-hydrogen) atoms. The van der Waals surface area contributed by atoms with Crippen LogP contribution >= 0.6 is 0 Å². The number of carbonyl (C=O) groups excluding carboxylic acids is 1. The molecule has 114 valence electrons. The van der Waals surface area contributed by atoms with Crippen molar-refractivity contribution in [1.82, 2.24) is 10.2 Å². The number of nitrogens with one attached hydrogen (secondary N) is 1. The maximum absolute atomic E-state index is 11.8. The molecule has 4 heteroatoms. The predicted octanol–water partition coefficient (Wildman–Crippen LogP) is 1.96. The molecule has 1 amide bonds. The fourth-order valence-electron chi connectivity index (χ4n) is 3.11. The minimum atomic E-state index is 0.191. The van der Waals surface area contributed by atoms with Crippen molar-refractivity contribution >= 4 is 5.91 Å². The van der Waals surface area contributed by atoms with Gasteiger partial charge in [0.05, 0.1) is 12.2 Å². The average molecular weight is 280 g/mol. The lowest BCUT2D eigenvalue weighted by molar-refractivity contribution is -0.124. The topological polar surface area (TPSA) is 41.6 Å². The molecule has 2 rings (SSSR count). The van der Waals surface area contributed by atoms with Crippen LogP contribution in [0.15, 0.2) is 12.2 Å². The van der Waals surface area contributed by atoms with Gasteiger partial charge in [-0.15, -0.1) is 0 Å². The highest BCUT2D eigenvalue weighted by Crippen LogP contribution is 2.17. The van der Waals surface area contributed by atoms with Gasteiger partial charge in [0.25, 0.3) is 0 Å². The zero-order chi connectivity index (χ0) is 14.4. The number of allylic oxidation sites excluding steroid dienone is 2. The molecule has 1 fully saturated rings. The summed E-state index contributed by atoms with van der Waals surface area (Å²) in [7, 11) is 0. The van der Waals surface area contributed by atoms with Gasteiger partial charge in [0, 0.05) is 25.6 Å². The average Bonchev–Trinajstić information content (AvgIpc) is 2.90. The monoisotopic (exact) mass is 280 g/mol. The van der Waals surface area contributed by atoms with Crippen molar-refractivity contribution in [1.29, 1.82) is 0 Å². The van der Waals surface area contributed by atoms with Gasteiger partial charge < -0.3 is 10.1 Å². The van der Waals surface area contributed by atoms with Crippen molar-refractivity contribution < 1.29 is 9.53 Å². The molecule has 1 saturated heterocycles. The highest BCUT2D eigenvalue weighted by molar-refractivity contribution is 5.79. The molecule has 0 aromatic rings. The Morgan fingerprint density at radius 2 is 1.85 bits per heavy atom. The lowest BCUT2D eigenvalue weighted by atomic mass is 10.1. The maximum atomic E-state index is 11.8. The lowest BCUT2D eigenvalue weighted by Gasteiger charge is -2.35. The molecule has 0 unspecified atom stereocenters. The smallest absolute Gasteiger partial charge is 0.223 e. The fourth-order valence-corrected chi connectivity index (χ4v) is 3.11. The summed E-state index contributed by atoms with van der Waals surface area (Å²) in [5.41, 5.74) is 0. The minimum absolute atomic E-state index is 0.191. The standard InChI is InChI=1S/C16H28N2O2/c1-13-11-18(12-14(2)20-13)10-6-5-9-17-16(19)15-7-3-4-8-15/h3-4,13-15H,5-12H2,1-2H3,(H,17,19)/t13-,14-/m1/s1. The van der Waals surface area contributed by atoms with Crippen molar-refractivity contribution in [2.24, 2.45) is 5.92 Å². The number of nitrogens with zero attached hydrogens (tertiary/aromatic N) is 1. The molecule has 0 saturated carbocycles. The first-order chi connectivity index (χ1) is 9.65. The third-order valence-electron chi connectivity index (χ3n) is 4.07. The molecular weight excluding hydrogens is 252 g/mol. The van der Waals surface area contributed by atoms with Crippen LogP contribution in [0.1, 0.15) is 39.5 Å². The van der Waals surface area contributed by atoms with Crippen LogP contribution in [-0.4, -0.2) is 49.2 Å². The fraction of sp³-hybridized carbons (Fsp3) is 0.812. The Morgan fingerprint density at radius 1 is 1.20 bits per heavy atom. The highest BCUT2D eigenvalue weighted by atomic mass is 16.5. The minimum Gasteiger partial charge on any atom is -0.373 e. The van der Waals surface area contributed by atoms with Gasteiger partial charge in [0.1, 0.15) is 0 Å². The highest BCUT2D eigenvalue weighted by Gasteiger charge is 2.21. The second-order valence-corrected chi connectivity index (χ2v) is 6.15. The third-order valence-corrected chi connectivity index (χ3v) is 4.07. The molecule has 2 atom stereocenters. The molecule has 0 aromatic carbocycles. The van der Waals surface area contributed by atoms with Gasteiger partial charge in [-0.3, -0.25) is 9.69 Å². The van der Waals surface area contributed by atoms with Gasteiger partial charge >= 0.3 is 0 Å². The van der Waals surface area contributed by atoms with E-state index in [-0.39, 0.29) is 11.8 Å². The van der Waals surface area contributed by atoms with Crippen LogP contribution in [0, 0.1) is 5.92 Å². The molecule has 0 aromatic heterocycles. The summed E-state index contributed by atoms with van der Waals surface area (Å²) in [5, 5.41) is 3.06. The second-order valence-electron chi connectivity index (χ2n) is 6.15. The largest absolute Gasteiger partial charge is 0.373 e. The van der Waals surface area contributed by atoms with E-state index in [0.717, 1.165) is 51.9 Å². The number of hydrogen-bond donors (Lipinski definition) is 1. The molecule has 1 N–H and O–H groups in total. The van der Waals surface area contributed by atoms with E-state index >= 15 is 0 Å². The van der Waals surface area contributed by atoms with Gasteiger partial charge in [-0.1, -0.05) is 12.2 Å². The van der Waals surface area contributed by atoms with Crippen LogP contribution in [0.2, 0.25) is 0 Å². The molecule has 0 bridgehead atoms. The summed E-state index contributed by atoms with van der Waals surface area (Å²) in [6.45, 7) is 8.26. The molecular formula is C16H28N2O2. The molecule has 4 nitrogen and oxygen atoms in total. The normalized spacial score (nSPS) is 27.9. The first kappa shape index (κ1) is 15.5. The number of carbonyl (C=O) groups is 1. The van der Waals surface area contributed by atoms with E-state index in [9.17, 15) is 4.79 Å². The number of hydrogen-bond acceptors (Lipinski definition) is 3. The maximum Gasteiger partial charge on any atom is 0.223 e. The summed E-state index contributed by atoms with van der Waals surface area (Å²) >= 11 is 0. The zero-order valence-electron chi connectivity index (χ0n) is 12.8. The van der Waals surface area contributed by atoms with Gasteiger partial charge in [-0.2, -0.15) is 0 Å². The summed E-state index contributed by atoms with van der Waals surface area (Å²) in [5.74, 6) is 0.416. The summed E-state index contributed by atoms with van der Waals surface area (Å²) in [6, 6.07) is 0. The van der Waals surface area contributed by atoms with Crippen molar-refractivity contribution in [3.8, 4) is 0 Å². The molecule has 0 radical (unpaired) electrons. The van der Waals surface area contributed by atoms with E-state index in [2.05, 4.69) is 36.2 Å². The number of unbranched alkanes of at least 4 members (excludes halogenated alkanes) is 1.